The third-order valence-electron chi connectivity index (χ3n) is 1.53. The molecule has 0 aliphatic heterocycles. The normalized spacial score (nSPS) is 8.69. The summed E-state index contributed by atoms with van der Waals surface area (Å²) in [6.07, 6.45) is 0.437. The molecule has 13 heavy (non-hydrogen) atoms. The molecule has 0 atom stereocenters. The quantitative estimate of drug-likeness (QED) is 0.668. The predicted molar refractivity (Wildman–Crippen MR) is 53.3 cm³/mol. The van der Waals surface area contributed by atoms with Gasteiger partial charge in [-0.1, -0.05) is 44.7 Å². The van der Waals surface area contributed by atoms with Crippen molar-refractivity contribution < 1.29 is 9.53 Å². The summed E-state index contributed by atoms with van der Waals surface area (Å²) in [6.45, 7) is 2.17. The third kappa shape index (κ3) is 4.31. The maximum atomic E-state index is 10.8. The van der Waals surface area contributed by atoms with Crippen molar-refractivity contribution in [1.29, 1.82) is 0 Å². The van der Waals surface area contributed by atoms with Gasteiger partial charge in [-0.25, -0.2) is 0 Å². The highest BCUT2D eigenvalue weighted by atomic mass is 16.5. The van der Waals surface area contributed by atoms with Crippen molar-refractivity contribution >= 4 is 5.97 Å². The van der Waals surface area contributed by atoms with Crippen LogP contribution in [-0.2, 0) is 16.1 Å². The van der Waals surface area contributed by atoms with Crippen molar-refractivity contribution in [2.75, 3.05) is 0 Å². The topological polar surface area (TPSA) is 26.3 Å². The first kappa shape index (κ1) is 11.7. The summed E-state index contributed by atoms with van der Waals surface area (Å²) in [5.74, 6) is -0.154. The molecule has 0 aliphatic carbocycles. The number of hydrogen-bond donors (Lipinski definition) is 0. The van der Waals surface area contributed by atoms with Gasteiger partial charge in [-0.3, -0.25) is 4.79 Å². The van der Waals surface area contributed by atoms with Gasteiger partial charge in [0.15, 0.2) is 0 Å². The summed E-state index contributed by atoms with van der Waals surface area (Å²) in [5, 5.41) is 0. The molecule has 1 aromatic rings. The molecule has 72 valence electrons. The average molecular weight is 180 g/mol. The molecule has 1 aromatic carbocycles. The molecule has 0 amide bonds. The third-order valence-corrected chi connectivity index (χ3v) is 1.53. The van der Waals surface area contributed by atoms with Crippen molar-refractivity contribution in [3.8, 4) is 0 Å². The van der Waals surface area contributed by atoms with E-state index in [-0.39, 0.29) is 13.4 Å². The van der Waals surface area contributed by atoms with E-state index >= 15 is 0 Å². The highest BCUT2D eigenvalue weighted by Gasteiger charge is 1.97. The Bertz CT molecular complexity index is 242. The van der Waals surface area contributed by atoms with Gasteiger partial charge in [0.05, 0.1) is 0 Å². The Morgan fingerprint density at radius 3 is 2.46 bits per heavy atom. The van der Waals surface area contributed by atoms with Gasteiger partial charge >= 0.3 is 5.97 Å². The molecule has 2 heteroatoms. The van der Waals surface area contributed by atoms with E-state index in [9.17, 15) is 4.79 Å². The van der Waals surface area contributed by atoms with Crippen LogP contribution in [0.3, 0.4) is 0 Å². The number of benzene rings is 1. The van der Waals surface area contributed by atoms with Crippen LogP contribution in [0.15, 0.2) is 30.3 Å². The lowest BCUT2D eigenvalue weighted by Gasteiger charge is -2.01. The Morgan fingerprint density at radius 1 is 1.31 bits per heavy atom. The van der Waals surface area contributed by atoms with E-state index in [1.807, 2.05) is 30.3 Å². The van der Waals surface area contributed by atoms with Gasteiger partial charge in [0, 0.05) is 6.42 Å². The van der Waals surface area contributed by atoms with Crippen LogP contribution < -0.4 is 0 Å². The Balaban J connectivity index is 0.00000144. The summed E-state index contributed by atoms with van der Waals surface area (Å²) in [6, 6.07) is 9.65. The van der Waals surface area contributed by atoms with Crippen molar-refractivity contribution in [3.63, 3.8) is 0 Å². The van der Waals surface area contributed by atoms with Gasteiger partial charge < -0.3 is 4.74 Å². The molecule has 0 aliphatic rings. The lowest BCUT2D eigenvalue weighted by molar-refractivity contribution is -0.144. The molecule has 0 aromatic heterocycles. The summed E-state index contributed by atoms with van der Waals surface area (Å²) >= 11 is 0. The first-order chi connectivity index (χ1) is 5.83. The van der Waals surface area contributed by atoms with Crippen molar-refractivity contribution in [2.45, 2.75) is 27.4 Å². The molecule has 0 spiro atoms. The van der Waals surface area contributed by atoms with E-state index < -0.39 is 0 Å². The Morgan fingerprint density at radius 2 is 1.92 bits per heavy atom. The summed E-state index contributed by atoms with van der Waals surface area (Å²) < 4.78 is 4.94. The minimum Gasteiger partial charge on any atom is -0.461 e. The second-order valence-corrected chi connectivity index (χ2v) is 2.50. The Kier molecular flexibility index (Phi) is 5.60. The fraction of sp³-hybridized carbons (Fsp3) is 0.364. The second-order valence-electron chi connectivity index (χ2n) is 2.50. The maximum absolute atomic E-state index is 10.8. The fourth-order valence-electron chi connectivity index (χ4n) is 0.840. The summed E-state index contributed by atoms with van der Waals surface area (Å²) in [7, 11) is 0. The number of ether oxygens (including phenoxy) is 1. The van der Waals surface area contributed by atoms with E-state index in [1.165, 1.54) is 0 Å². The monoisotopic (exact) mass is 180 g/mol. The number of hydrogen-bond acceptors (Lipinski definition) is 2. The smallest absolute Gasteiger partial charge is 0.305 e. The molecular formula is C11H16O2. The zero-order valence-electron chi connectivity index (χ0n) is 7.12. The Hall–Kier alpha value is -1.31. The van der Waals surface area contributed by atoms with Crippen LogP contribution in [0.25, 0.3) is 0 Å². The van der Waals surface area contributed by atoms with E-state index in [4.69, 9.17) is 4.74 Å². The van der Waals surface area contributed by atoms with Crippen LogP contribution in [0, 0.1) is 0 Å². The summed E-state index contributed by atoms with van der Waals surface area (Å²) in [4.78, 5) is 10.8. The van der Waals surface area contributed by atoms with Gasteiger partial charge in [-0.15, -0.1) is 0 Å². The van der Waals surface area contributed by atoms with Crippen LogP contribution in [0.5, 0.6) is 0 Å². The number of carbonyl (C=O) groups is 1. The lowest BCUT2D eigenvalue weighted by Crippen LogP contribution is -2.01. The SMILES string of the molecule is C.CCC(=O)OCc1ccccc1. The van der Waals surface area contributed by atoms with Crippen molar-refractivity contribution in [2.24, 2.45) is 0 Å². The van der Waals surface area contributed by atoms with Crippen LogP contribution >= 0.6 is 0 Å². The zero-order valence-corrected chi connectivity index (χ0v) is 7.12. The van der Waals surface area contributed by atoms with Crippen LogP contribution in [0.1, 0.15) is 26.3 Å². The van der Waals surface area contributed by atoms with Gasteiger partial charge in [0.2, 0.25) is 0 Å². The molecule has 0 unspecified atom stereocenters. The molecule has 2 nitrogen and oxygen atoms in total. The molecular weight excluding hydrogens is 164 g/mol. The minimum absolute atomic E-state index is 0. The number of carbonyl (C=O) groups excluding carboxylic acids is 1. The van der Waals surface area contributed by atoms with Crippen molar-refractivity contribution in [3.05, 3.63) is 35.9 Å². The van der Waals surface area contributed by atoms with Gasteiger partial charge in [-0.05, 0) is 5.56 Å². The molecule has 0 saturated heterocycles. The Labute approximate surface area is 79.5 Å². The molecule has 0 heterocycles. The largest absolute Gasteiger partial charge is 0.461 e. The van der Waals surface area contributed by atoms with Crippen LogP contribution in [0.4, 0.5) is 0 Å². The van der Waals surface area contributed by atoms with Crippen LogP contribution in [-0.4, -0.2) is 5.97 Å². The average Bonchev–Trinajstić information content (AvgIpc) is 2.16. The molecule has 1 rings (SSSR count). The maximum Gasteiger partial charge on any atom is 0.305 e. The number of rotatable bonds is 3. The minimum atomic E-state index is -0.154. The predicted octanol–water partition coefficient (Wildman–Crippen LogP) is 2.78. The van der Waals surface area contributed by atoms with E-state index in [2.05, 4.69) is 0 Å². The highest BCUT2D eigenvalue weighted by molar-refractivity contribution is 5.68. The fourth-order valence-corrected chi connectivity index (χ4v) is 0.840. The molecule has 0 radical (unpaired) electrons. The van der Waals surface area contributed by atoms with E-state index in [1.54, 1.807) is 6.92 Å². The van der Waals surface area contributed by atoms with E-state index in [0.29, 0.717) is 13.0 Å². The van der Waals surface area contributed by atoms with Crippen LogP contribution in [0.2, 0.25) is 0 Å². The molecule has 0 fully saturated rings. The van der Waals surface area contributed by atoms with E-state index in [0.717, 1.165) is 5.56 Å². The zero-order chi connectivity index (χ0) is 8.81. The second kappa shape index (κ2) is 6.23. The number of esters is 1. The van der Waals surface area contributed by atoms with Gasteiger partial charge in [-0.2, -0.15) is 0 Å². The van der Waals surface area contributed by atoms with Crippen molar-refractivity contribution in [1.82, 2.24) is 0 Å². The first-order valence-corrected chi connectivity index (χ1v) is 4.02. The molecule has 0 N–H and O–H groups in total. The molecule has 0 bridgehead atoms. The highest BCUT2D eigenvalue weighted by Crippen LogP contribution is 2.00. The first-order valence-electron chi connectivity index (χ1n) is 4.02. The summed E-state index contributed by atoms with van der Waals surface area (Å²) in [5.41, 5.74) is 1.03. The van der Waals surface area contributed by atoms with Gasteiger partial charge in [0.1, 0.15) is 6.61 Å². The standard InChI is InChI=1S/C10H12O2.CH4/c1-2-10(11)12-8-9-6-4-3-5-7-9;/h3-7H,2,8H2,1H3;1H4. The lowest BCUT2D eigenvalue weighted by atomic mass is 10.2. The van der Waals surface area contributed by atoms with Gasteiger partial charge in [0.25, 0.3) is 0 Å². The molecule has 0 saturated carbocycles.